The second-order valence-electron chi connectivity index (χ2n) is 7.88. The average Bonchev–Trinajstić information content (AvgIpc) is 3.24. The third-order valence-electron chi connectivity index (χ3n) is 5.68. The van der Waals surface area contributed by atoms with Crippen molar-refractivity contribution in [1.82, 2.24) is 10.2 Å². The van der Waals surface area contributed by atoms with Crippen molar-refractivity contribution in [3.63, 3.8) is 0 Å². The molecule has 0 radical (unpaired) electrons. The van der Waals surface area contributed by atoms with Crippen LogP contribution >= 0.6 is 0 Å². The Hall–Kier alpha value is -3.75. The molecule has 1 heterocycles. The summed E-state index contributed by atoms with van der Waals surface area (Å²) in [5.74, 6) is 0.264. The number of methoxy groups -OCH3 is 3. The smallest absolute Gasteiger partial charge is 0.311 e. The fourth-order valence-corrected chi connectivity index (χ4v) is 3.79. The van der Waals surface area contributed by atoms with Crippen molar-refractivity contribution >= 4 is 17.8 Å². The van der Waals surface area contributed by atoms with Crippen LogP contribution in [-0.2, 0) is 32.1 Å². The predicted octanol–water partition coefficient (Wildman–Crippen LogP) is 1.96. The summed E-state index contributed by atoms with van der Waals surface area (Å²) in [4.78, 5) is 38.5. The van der Waals surface area contributed by atoms with Crippen molar-refractivity contribution in [2.75, 3.05) is 41.0 Å². The van der Waals surface area contributed by atoms with E-state index in [2.05, 4.69) is 5.32 Å². The Morgan fingerprint density at radius 1 is 1.00 bits per heavy atom. The van der Waals surface area contributed by atoms with Crippen LogP contribution in [0.15, 0.2) is 42.5 Å². The van der Waals surface area contributed by atoms with E-state index < -0.39 is 24.4 Å². The average molecular weight is 471 g/mol. The highest BCUT2D eigenvalue weighted by molar-refractivity contribution is 5.88. The number of para-hydroxylation sites is 1. The Morgan fingerprint density at radius 3 is 2.47 bits per heavy atom. The van der Waals surface area contributed by atoms with E-state index in [-0.39, 0.29) is 25.4 Å². The van der Waals surface area contributed by atoms with Gasteiger partial charge in [-0.25, -0.2) is 0 Å². The molecule has 182 valence electrons. The van der Waals surface area contributed by atoms with Gasteiger partial charge in [-0.2, -0.15) is 0 Å². The maximum atomic E-state index is 12.4. The molecule has 2 amide bonds. The van der Waals surface area contributed by atoms with Gasteiger partial charge in [0.2, 0.25) is 5.91 Å². The van der Waals surface area contributed by atoms with Crippen molar-refractivity contribution in [1.29, 1.82) is 0 Å². The van der Waals surface area contributed by atoms with Crippen LogP contribution in [0.5, 0.6) is 17.2 Å². The van der Waals surface area contributed by atoms with Gasteiger partial charge in [-0.1, -0.05) is 24.3 Å². The molecule has 1 aliphatic heterocycles. The number of hydrogen-bond acceptors (Lipinski definition) is 7. The number of rotatable bonds is 11. The molecule has 2 aromatic carbocycles. The number of nitrogens with zero attached hydrogens (tertiary/aromatic N) is 1. The van der Waals surface area contributed by atoms with E-state index in [1.165, 1.54) is 0 Å². The van der Waals surface area contributed by atoms with Gasteiger partial charge in [0, 0.05) is 31.6 Å². The van der Waals surface area contributed by atoms with Gasteiger partial charge in [0.25, 0.3) is 5.91 Å². The number of amides is 2. The number of benzene rings is 2. The molecule has 9 nitrogen and oxygen atoms in total. The summed E-state index contributed by atoms with van der Waals surface area (Å²) in [5, 5.41) is 2.70. The first-order valence-electron chi connectivity index (χ1n) is 11.0. The fraction of sp³-hybridized carbons (Fsp3) is 0.400. The number of nitrogens with one attached hydrogen (secondary N) is 1. The zero-order valence-corrected chi connectivity index (χ0v) is 19.7. The Bertz CT molecular complexity index is 1020. The first-order valence-corrected chi connectivity index (χ1v) is 11.0. The third kappa shape index (κ3) is 6.40. The number of carbonyl (C=O) groups is 3. The maximum absolute atomic E-state index is 12.4. The van der Waals surface area contributed by atoms with Gasteiger partial charge in [0.15, 0.2) is 18.1 Å². The summed E-state index contributed by atoms with van der Waals surface area (Å²) >= 11 is 0. The molecular formula is C25H30N2O7. The van der Waals surface area contributed by atoms with Crippen LogP contribution < -0.4 is 19.5 Å². The Labute approximate surface area is 198 Å². The standard InChI is InChI=1S/C25H30N2O7/c1-31-20-7-5-4-6-18(20)14-26-23(28)16-34-25(30)19-13-24(29)27(15-19)11-10-17-8-9-21(32-2)22(12-17)33-3/h4-9,12,19H,10-11,13-16H2,1-3H3,(H,26,28)/t19-/m1/s1. The van der Waals surface area contributed by atoms with E-state index in [0.717, 1.165) is 11.1 Å². The van der Waals surface area contributed by atoms with Crippen molar-refractivity contribution in [3.05, 3.63) is 53.6 Å². The van der Waals surface area contributed by atoms with Crippen molar-refractivity contribution in [2.45, 2.75) is 19.4 Å². The molecule has 1 N–H and O–H groups in total. The van der Waals surface area contributed by atoms with Gasteiger partial charge in [-0.05, 0) is 30.2 Å². The molecule has 34 heavy (non-hydrogen) atoms. The zero-order chi connectivity index (χ0) is 24.5. The zero-order valence-electron chi connectivity index (χ0n) is 19.7. The molecule has 1 aliphatic rings. The number of esters is 1. The topological polar surface area (TPSA) is 103 Å². The predicted molar refractivity (Wildman–Crippen MR) is 124 cm³/mol. The molecule has 1 atom stereocenters. The second-order valence-corrected chi connectivity index (χ2v) is 7.88. The van der Waals surface area contributed by atoms with Crippen LogP contribution in [0.4, 0.5) is 0 Å². The quantitative estimate of drug-likeness (QED) is 0.501. The van der Waals surface area contributed by atoms with E-state index in [4.69, 9.17) is 18.9 Å². The maximum Gasteiger partial charge on any atom is 0.311 e. The van der Waals surface area contributed by atoms with E-state index >= 15 is 0 Å². The SMILES string of the molecule is COc1ccccc1CNC(=O)COC(=O)[C@@H]1CC(=O)N(CCc2ccc(OC)c(OC)c2)C1. The summed E-state index contributed by atoms with van der Waals surface area (Å²) in [7, 11) is 4.70. The van der Waals surface area contributed by atoms with E-state index in [9.17, 15) is 14.4 Å². The second kappa shape index (κ2) is 11.9. The Morgan fingerprint density at radius 2 is 1.74 bits per heavy atom. The number of hydrogen-bond donors (Lipinski definition) is 1. The van der Waals surface area contributed by atoms with Gasteiger partial charge >= 0.3 is 5.97 Å². The normalized spacial score (nSPS) is 15.1. The summed E-state index contributed by atoms with van der Waals surface area (Å²) < 4.78 is 21.0. The minimum absolute atomic E-state index is 0.0770. The molecule has 1 fully saturated rings. The lowest BCUT2D eigenvalue weighted by Crippen LogP contribution is -2.31. The largest absolute Gasteiger partial charge is 0.496 e. The van der Waals surface area contributed by atoms with Crippen LogP contribution in [0, 0.1) is 5.92 Å². The van der Waals surface area contributed by atoms with Crippen LogP contribution in [-0.4, -0.2) is 63.7 Å². The first kappa shape index (κ1) is 24.9. The van der Waals surface area contributed by atoms with Crippen molar-refractivity contribution < 1.29 is 33.3 Å². The summed E-state index contributed by atoms with van der Waals surface area (Å²) in [6.07, 6.45) is 0.687. The van der Waals surface area contributed by atoms with Gasteiger partial charge in [-0.15, -0.1) is 0 Å². The molecular weight excluding hydrogens is 440 g/mol. The number of likely N-dealkylation sites (tertiary alicyclic amines) is 1. The van der Waals surface area contributed by atoms with Crippen molar-refractivity contribution in [3.8, 4) is 17.2 Å². The highest BCUT2D eigenvalue weighted by atomic mass is 16.5. The van der Waals surface area contributed by atoms with Gasteiger partial charge in [0.05, 0.1) is 27.2 Å². The van der Waals surface area contributed by atoms with Crippen LogP contribution in [0.3, 0.4) is 0 Å². The van der Waals surface area contributed by atoms with Crippen LogP contribution in [0.2, 0.25) is 0 Å². The Balaban J connectivity index is 1.43. The summed E-state index contributed by atoms with van der Waals surface area (Å²) in [6.45, 7) is 0.599. The molecule has 9 heteroatoms. The lowest BCUT2D eigenvalue weighted by molar-refractivity contribution is -0.152. The molecule has 0 aromatic heterocycles. The molecule has 3 rings (SSSR count). The van der Waals surface area contributed by atoms with Crippen LogP contribution in [0.1, 0.15) is 17.5 Å². The highest BCUT2D eigenvalue weighted by Crippen LogP contribution is 2.28. The Kier molecular flexibility index (Phi) is 8.73. The van der Waals surface area contributed by atoms with E-state index in [0.29, 0.717) is 30.2 Å². The lowest BCUT2D eigenvalue weighted by atomic mass is 10.1. The summed E-state index contributed by atoms with van der Waals surface area (Å²) in [5.41, 5.74) is 1.80. The molecule has 0 unspecified atom stereocenters. The molecule has 0 aliphatic carbocycles. The van der Waals surface area contributed by atoms with E-state index in [1.54, 1.807) is 32.3 Å². The number of ether oxygens (including phenoxy) is 4. The molecule has 1 saturated heterocycles. The number of carbonyl (C=O) groups excluding carboxylic acids is 3. The van der Waals surface area contributed by atoms with Crippen molar-refractivity contribution in [2.24, 2.45) is 5.92 Å². The molecule has 0 bridgehead atoms. The molecule has 2 aromatic rings. The summed E-state index contributed by atoms with van der Waals surface area (Å²) in [6, 6.07) is 12.9. The minimum Gasteiger partial charge on any atom is -0.496 e. The van der Waals surface area contributed by atoms with Gasteiger partial charge in [0.1, 0.15) is 5.75 Å². The lowest BCUT2D eigenvalue weighted by Gasteiger charge is -2.17. The molecule has 0 saturated carbocycles. The highest BCUT2D eigenvalue weighted by Gasteiger charge is 2.35. The van der Waals surface area contributed by atoms with Gasteiger partial charge in [-0.3, -0.25) is 14.4 Å². The monoisotopic (exact) mass is 470 g/mol. The van der Waals surface area contributed by atoms with Crippen LogP contribution in [0.25, 0.3) is 0 Å². The molecule has 0 spiro atoms. The van der Waals surface area contributed by atoms with Gasteiger partial charge < -0.3 is 29.2 Å². The third-order valence-corrected chi connectivity index (χ3v) is 5.68. The fourth-order valence-electron chi connectivity index (χ4n) is 3.79. The minimum atomic E-state index is -0.583. The first-order chi connectivity index (χ1) is 16.4. The van der Waals surface area contributed by atoms with E-state index in [1.807, 2.05) is 36.4 Å².